The van der Waals surface area contributed by atoms with Crippen molar-refractivity contribution in [3.8, 4) is 0 Å². The normalized spacial score (nSPS) is 17.4. The second kappa shape index (κ2) is 9.59. The first-order chi connectivity index (χ1) is 13.9. The van der Waals surface area contributed by atoms with Gasteiger partial charge in [-0.2, -0.15) is 10.5 Å². The molecule has 2 aromatic carbocycles. The number of nitrogens with zero attached hydrogens (tertiary/aromatic N) is 1. The molecule has 0 radical (unpaired) electrons. The highest BCUT2D eigenvalue weighted by atomic mass is 32.2. The fourth-order valence-corrected chi connectivity index (χ4v) is 4.94. The molecule has 0 spiro atoms. The average molecular weight is 434 g/mol. The number of hydrogen-bond acceptors (Lipinski definition) is 4. The van der Waals surface area contributed by atoms with Crippen molar-refractivity contribution in [2.45, 2.75) is 18.7 Å². The lowest BCUT2D eigenvalue weighted by molar-refractivity contribution is -0.115. The van der Waals surface area contributed by atoms with Gasteiger partial charge < -0.3 is 4.74 Å². The van der Waals surface area contributed by atoms with E-state index in [0.29, 0.717) is 17.9 Å². The third-order valence-electron chi connectivity index (χ3n) is 4.59. The van der Waals surface area contributed by atoms with Crippen LogP contribution in [0.5, 0.6) is 0 Å². The molecular formula is C22H24FNO3S2. The van der Waals surface area contributed by atoms with E-state index in [4.69, 9.17) is 4.74 Å². The van der Waals surface area contributed by atoms with Crippen LogP contribution < -0.4 is 4.90 Å². The highest BCUT2D eigenvalue weighted by molar-refractivity contribution is 8.13. The highest BCUT2D eigenvalue weighted by Crippen LogP contribution is 2.42. The van der Waals surface area contributed by atoms with Gasteiger partial charge in [0.1, 0.15) is 11.2 Å². The number of esters is 1. The summed E-state index contributed by atoms with van der Waals surface area (Å²) in [6.45, 7) is 2.25. The minimum Gasteiger partial charge on any atom is -0.462 e. The zero-order valence-electron chi connectivity index (χ0n) is 16.5. The summed E-state index contributed by atoms with van der Waals surface area (Å²) in [7, 11) is 0.0912. The van der Waals surface area contributed by atoms with E-state index in [2.05, 4.69) is 12.1 Å². The Morgan fingerprint density at radius 1 is 1.31 bits per heavy atom. The summed E-state index contributed by atoms with van der Waals surface area (Å²) in [4.78, 5) is 26.6. The number of anilines is 1. The van der Waals surface area contributed by atoms with Crippen LogP contribution in [-0.4, -0.2) is 42.1 Å². The van der Waals surface area contributed by atoms with Crippen LogP contribution in [0, 0.1) is 12.7 Å². The van der Waals surface area contributed by atoms with Crippen LogP contribution in [0.25, 0.3) is 0 Å². The fourth-order valence-electron chi connectivity index (χ4n) is 3.16. The van der Waals surface area contributed by atoms with E-state index in [9.17, 15) is 14.0 Å². The van der Waals surface area contributed by atoms with Crippen molar-refractivity contribution >= 4 is 45.7 Å². The van der Waals surface area contributed by atoms with Crippen molar-refractivity contribution in [3.63, 3.8) is 0 Å². The van der Waals surface area contributed by atoms with Gasteiger partial charge >= 0.3 is 5.97 Å². The Hall–Kier alpha value is -2.12. The SMILES string of the molecule is C=S(C)CCCOC(=O)c1ccc(N2C(=O)CSC2c2ccc(F)cc2)c(C)c1. The first kappa shape index (κ1) is 21.6. The van der Waals surface area contributed by atoms with Gasteiger partial charge in [0.25, 0.3) is 0 Å². The van der Waals surface area contributed by atoms with Crippen molar-refractivity contribution < 1.29 is 18.7 Å². The molecule has 1 amide bonds. The Kier molecular flexibility index (Phi) is 7.14. The summed E-state index contributed by atoms with van der Waals surface area (Å²) in [5, 5.41) is -0.218. The monoisotopic (exact) mass is 433 g/mol. The molecule has 4 nitrogen and oxygen atoms in total. The molecule has 0 aliphatic carbocycles. The van der Waals surface area contributed by atoms with Crippen molar-refractivity contribution in [1.82, 2.24) is 0 Å². The molecule has 2 aromatic rings. The number of hydrogen-bond donors (Lipinski definition) is 0. The molecule has 0 bridgehead atoms. The van der Waals surface area contributed by atoms with Crippen LogP contribution in [0.2, 0.25) is 0 Å². The molecule has 1 aliphatic heterocycles. The zero-order valence-corrected chi connectivity index (χ0v) is 18.2. The maximum Gasteiger partial charge on any atom is 0.338 e. The number of benzene rings is 2. The third-order valence-corrected chi connectivity index (χ3v) is 6.78. The molecule has 0 N–H and O–H groups in total. The summed E-state index contributed by atoms with van der Waals surface area (Å²) in [5.74, 6) is 4.56. The van der Waals surface area contributed by atoms with Crippen LogP contribution in [-0.2, 0) is 9.53 Å². The Labute approximate surface area is 177 Å². The van der Waals surface area contributed by atoms with Gasteiger partial charge in [0.05, 0.1) is 17.9 Å². The lowest BCUT2D eigenvalue weighted by atomic mass is 10.1. The van der Waals surface area contributed by atoms with Gasteiger partial charge in [0.15, 0.2) is 0 Å². The van der Waals surface area contributed by atoms with E-state index in [-0.39, 0.29) is 33.6 Å². The minimum atomic E-state index is -0.364. The van der Waals surface area contributed by atoms with Crippen molar-refractivity contribution in [2.75, 3.05) is 29.3 Å². The largest absolute Gasteiger partial charge is 0.462 e. The number of aryl methyl sites for hydroxylation is 1. The molecule has 29 heavy (non-hydrogen) atoms. The molecule has 154 valence electrons. The average Bonchev–Trinajstić information content (AvgIpc) is 3.06. The van der Waals surface area contributed by atoms with E-state index < -0.39 is 0 Å². The van der Waals surface area contributed by atoms with Gasteiger partial charge in [0.2, 0.25) is 5.91 Å². The minimum absolute atomic E-state index is 0.00844. The van der Waals surface area contributed by atoms with Crippen LogP contribution in [0.3, 0.4) is 0 Å². The van der Waals surface area contributed by atoms with Crippen LogP contribution in [0.1, 0.15) is 33.3 Å². The summed E-state index contributed by atoms with van der Waals surface area (Å²) in [6.07, 6.45) is 2.85. The van der Waals surface area contributed by atoms with Crippen LogP contribution in [0.4, 0.5) is 10.1 Å². The van der Waals surface area contributed by atoms with Crippen LogP contribution in [0.15, 0.2) is 42.5 Å². The summed E-state index contributed by atoms with van der Waals surface area (Å²) >= 11 is 1.51. The number of ether oxygens (including phenoxy) is 1. The topological polar surface area (TPSA) is 46.6 Å². The van der Waals surface area contributed by atoms with Gasteiger partial charge in [-0.05, 0) is 66.8 Å². The molecule has 2 unspecified atom stereocenters. The maximum atomic E-state index is 13.3. The highest BCUT2D eigenvalue weighted by Gasteiger charge is 2.35. The number of amides is 1. The summed E-state index contributed by atoms with van der Waals surface area (Å²) < 4.78 is 18.6. The molecule has 1 heterocycles. The molecule has 1 aliphatic rings. The molecular weight excluding hydrogens is 409 g/mol. The molecule has 3 rings (SSSR count). The number of thioether (sulfide) groups is 1. The van der Waals surface area contributed by atoms with Gasteiger partial charge in [-0.1, -0.05) is 18.0 Å². The molecule has 2 atom stereocenters. The van der Waals surface area contributed by atoms with Crippen molar-refractivity contribution in [1.29, 1.82) is 0 Å². The predicted molar refractivity (Wildman–Crippen MR) is 121 cm³/mol. The zero-order chi connectivity index (χ0) is 21.0. The van der Waals surface area contributed by atoms with Gasteiger partial charge in [-0.25, -0.2) is 9.18 Å². The second-order valence-corrected chi connectivity index (χ2v) is 9.99. The van der Waals surface area contributed by atoms with E-state index in [1.165, 1.54) is 23.9 Å². The number of carbonyl (C=O) groups is 2. The van der Waals surface area contributed by atoms with E-state index in [0.717, 1.165) is 29.0 Å². The summed E-state index contributed by atoms with van der Waals surface area (Å²) in [5.41, 5.74) is 2.90. The Morgan fingerprint density at radius 3 is 2.69 bits per heavy atom. The third kappa shape index (κ3) is 5.28. The predicted octanol–water partition coefficient (Wildman–Crippen LogP) is 4.79. The number of halogens is 1. The first-order valence-corrected chi connectivity index (χ1v) is 12.3. The van der Waals surface area contributed by atoms with E-state index >= 15 is 0 Å². The lowest BCUT2D eigenvalue weighted by Gasteiger charge is -2.26. The molecule has 1 fully saturated rings. The summed E-state index contributed by atoms with van der Waals surface area (Å²) in [6, 6.07) is 11.4. The first-order valence-electron chi connectivity index (χ1n) is 9.26. The van der Waals surface area contributed by atoms with Gasteiger partial charge in [-0.3, -0.25) is 9.69 Å². The molecule has 0 saturated carbocycles. The number of rotatable bonds is 7. The Morgan fingerprint density at radius 2 is 2.03 bits per heavy atom. The Balaban J connectivity index is 1.76. The van der Waals surface area contributed by atoms with E-state index in [1.54, 1.807) is 35.2 Å². The molecule has 7 heteroatoms. The molecule has 0 aromatic heterocycles. The van der Waals surface area contributed by atoms with Crippen LogP contribution >= 0.6 is 22.2 Å². The molecule has 1 saturated heterocycles. The Bertz CT molecular complexity index is 930. The van der Waals surface area contributed by atoms with Gasteiger partial charge in [-0.15, -0.1) is 11.8 Å². The number of carbonyl (C=O) groups excluding carboxylic acids is 2. The standard InChI is InChI=1S/C22H24FNO3S2/c1-15-13-17(22(26)27-11-4-12-29(2)3)7-10-19(15)24-20(25)14-28-21(24)16-5-8-18(23)9-6-16/h5-10,13,21H,2,4,11-12,14H2,1,3H3. The van der Waals surface area contributed by atoms with Crippen molar-refractivity contribution in [2.24, 2.45) is 0 Å². The van der Waals surface area contributed by atoms with E-state index in [1.807, 2.05) is 6.92 Å². The smallest absolute Gasteiger partial charge is 0.338 e. The fraction of sp³-hybridized carbons (Fsp3) is 0.318. The second-order valence-electron chi connectivity index (χ2n) is 6.95. The lowest BCUT2D eigenvalue weighted by Crippen LogP contribution is -2.28. The maximum absolute atomic E-state index is 13.3. The quantitative estimate of drug-likeness (QED) is 0.358. The van der Waals surface area contributed by atoms with Gasteiger partial charge in [0, 0.05) is 5.69 Å². The van der Waals surface area contributed by atoms with Crippen molar-refractivity contribution in [3.05, 3.63) is 65.0 Å².